The van der Waals surface area contributed by atoms with Crippen molar-refractivity contribution in [2.24, 2.45) is 4.99 Å². The lowest BCUT2D eigenvalue weighted by atomic mass is 10.1. The first-order valence-corrected chi connectivity index (χ1v) is 9.30. The average Bonchev–Trinajstić information content (AvgIpc) is 2.72. The molecule has 0 aromatic heterocycles. The van der Waals surface area contributed by atoms with Crippen LogP contribution in [-0.2, 0) is 6.42 Å². The molecule has 1 aliphatic heterocycles. The summed E-state index contributed by atoms with van der Waals surface area (Å²) in [6.45, 7) is 4.19. The van der Waals surface area contributed by atoms with E-state index < -0.39 is 0 Å². The minimum atomic E-state index is -0.153. The van der Waals surface area contributed by atoms with E-state index in [0.717, 1.165) is 49.1 Å². The van der Waals surface area contributed by atoms with Crippen molar-refractivity contribution in [3.63, 3.8) is 0 Å². The van der Waals surface area contributed by atoms with Crippen LogP contribution >= 0.6 is 24.0 Å². The zero-order valence-electron chi connectivity index (χ0n) is 16.4. The first-order valence-electron chi connectivity index (χ1n) is 9.30. The maximum Gasteiger partial charge on any atom is 0.193 e. The summed E-state index contributed by atoms with van der Waals surface area (Å²) >= 11 is 0. The van der Waals surface area contributed by atoms with Crippen molar-refractivity contribution >= 4 is 35.6 Å². The summed E-state index contributed by atoms with van der Waals surface area (Å²) in [4.78, 5) is 8.97. The Hall–Kier alpha value is -2.03. The summed E-state index contributed by atoms with van der Waals surface area (Å²) in [5.74, 6) is 1.61. The first-order chi connectivity index (χ1) is 13.2. The number of nitrogens with zero attached hydrogens (tertiary/aromatic N) is 3. The highest BCUT2D eigenvalue weighted by Crippen LogP contribution is 2.28. The number of methoxy groups -OCH3 is 1. The van der Waals surface area contributed by atoms with Crippen LogP contribution in [-0.4, -0.2) is 57.7 Å². The first kappa shape index (κ1) is 22.3. The van der Waals surface area contributed by atoms with Gasteiger partial charge in [0.05, 0.1) is 12.8 Å². The third-order valence-corrected chi connectivity index (χ3v) is 4.85. The molecular weight excluding hydrogens is 470 g/mol. The Bertz CT molecular complexity index is 779. The van der Waals surface area contributed by atoms with Gasteiger partial charge in [-0.05, 0) is 30.2 Å². The molecule has 1 saturated heterocycles. The molecule has 3 rings (SSSR count). The van der Waals surface area contributed by atoms with Crippen molar-refractivity contribution in [2.45, 2.75) is 6.42 Å². The molecular formula is C21H28FIN4O. The molecule has 152 valence electrons. The molecule has 0 spiro atoms. The summed E-state index contributed by atoms with van der Waals surface area (Å²) in [6.07, 6.45) is 0.632. The van der Waals surface area contributed by atoms with Crippen LogP contribution in [0.5, 0.6) is 5.75 Å². The molecule has 1 heterocycles. The predicted molar refractivity (Wildman–Crippen MR) is 124 cm³/mol. The van der Waals surface area contributed by atoms with Gasteiger partial charge in [0.2, 0.25) is 0 Å². The van der Waals surface area contributed by atoms with Crippen LogP contribution in [0.3, 0.4) is 0 Å². The molecule has 2 aromatic carbocycles. The second kappa shape index (κ2) is 11.1. The van der Waals surface area contributed by atoms with Gasteiger partial charge in [0.15, 0.2) is 5.96 Å². The van der Waals surface area contributed by atoms with Crippen molar-refractivity contribution in [2.75, 3.05) is 51.8 Å². The molecule has 0 atom stereocenters. The van der Waals surface area contributed by atoms with Crippen molar-refractivity contribution in [3.8, 4) is 5.75 Å². The minimum Gasteiger partial charge on any atom is -0.495 e. The molecule has 0 aliphatic carbocycles. The van der Waals surface area contributed by atoms with Crippen molar-refractivity contribution in [1.82, 2.24) is 10.2 Å². The number of benzene rings is 2. The summed E-state index contributed by atoms with van der Waals surface area (Å²) in [6, 6.07) is 15.0. The van der Waals surface area contributed by atoms with E-state index in [1.807, 2.05) is 30.3 Å². The Morgan fingerprint density at radius 3 is 2.43 bits per heavy atom. The summed E-state index contributed by atoms with van der Waals surface area (Å²) in [5, 5.41) is 3.36. The van der Waals surface area contributed by atoms with Gasteiger partial charge in [-0.25, -0.2) is 4.39 Å². The average molecular weight is 498 g/mol. The zero-order valence-corrected chi connectivity index (χ0v) is 18.7. The SMILES string of the molecule is CN=C(NCCc1ccccc1F)N1CCN(c2ccccc2OC)CC1.I. The lowest BCUT2D eigenvalue weighted by Gasteiger charge is -2.38. The molecule has 1 fully saturated rings. The normalized spacial score (nSPS) is 14.5. The van der Waals surface area contributed by atoms with Gasteiger partial charge >= 0.3 is 0 Å². The van der Waals surface area contributed by atoms with Crippen LogP contribution in [0.4, 0.5) is 10.1 Å². The van der Waals surface area contributed by atoms with Gasteiger partial charge in [-0.3, -0.25) is 4.99 Å². The number of guanidine groups is 1. The van der Waals surface area contributed by atoms with Gasteiger partial charge in [-0.15, -0.1) is 24.0 Å². The molecule has 0 unspecified atom stereocenters. The highest BCUT2D eigenvalue weighted by molar-refractivity contribution is 14.0. The van der Waals surface area contributed by atoms with Crippen LogP contribution in [0.2, 0.25) is 0 Å². The number of halogens is 2. The summed E-state index contributed by atoms with van der Waals surface area (Å²) in [7, 11) is 3.49. The Labute approximate surface area is 183 Å². The Morgan fingerprint density at radius 1 is 1.07 bits per heavy atom. The molecule has 7 heteroatoms. The number of ether oxygens (including phenoxy) is 1. The second-order valence-corrected chi connectivity index (χ2v) is 6.46. The predicted octanol–water partition coefficient (Wildman–Crippen LogP) is 3.39. The third kappa shape index (κ3) is 5.50. The number of rotatable bonds is 5. The van der Waals surface area contributed by atoms with E-state index in [4.69, 9.17) is 4.74 Å². The van der Waals surface area contributed by atoms with Crippen LogP contribution in [0.1, 0.15) is 5.56 Å². The monoisotopic (exact) mass is 498 g/mol. The Kier molecular flexibility index (Phi) is 8.82. The highest BCUT2D eigenvalue weighted by Gasteiger charge is 2.21. The van der Waals surface area contributed by atoms with Gasteiger partial charge in [-0.2, -0.15) is 0 Å². The van der Waals surface area contributed by atoms with E-state index >= 15 is 0 Å². The number of nitrogens with one attached hydrogen (secondary N) is 1. The second-order valence-electron chi connectivity index (χ2n) is 6.46. The zero-order chi connectivity index (χ0) is 19.1. The van der Waals surface area contributed by atoms with Crippen LogP contribution in [0.15, 0.2) is 53.5 Å². The summed E-state index contributed by atoms with van der Waals surface area (Å²) < 4.78 is 19.2. The number of hydrogen-bond donors (Lipinski definition) is 1. The Morgan fingerprint density at radius 2 is 1.75 bits per heavy atom. The smallest absolute Gasteiger partial charge is 0.193 e. The number of para-hydroxylation sites is 2. The number of anilines is 1. The quantitative estimate of drug-likeness (QED) is 0.390. The van der Waals surface area contributed by atoms with E-state index in [2.05, 4.69) is 26.2 Å². The molecule has 0 amide bonds. The maximum atomic E-state index is 13.7. The molecule has 0 bridgehead atoms. The summed E-state index contributed by atoms with van der Waals surface area (Å²) in [5.41, 5.74) is 1.85. The van der Waals surface area contributed by atoms with E-state index in [1.54, 1.807) is 20.2 Å². The topological polar surface area (TPSA) is 40.1 Å². The fraction of sp³-hybridized carbons (Fsp3) is 0.381. The van der Waals surface area contributed by atoms with E-state index in [-0.39, 0.29) is 29.8 Å². The fourth-order valence-corrected chi connectivity index (χ4v) is 3.39. The Balaban J connectivity index is 0.00000280. The lowest BCUT2D eigenvalue weighted by molar-refractivity contribution is 0.367. The number of hydrogen-bond acceptors (Lipinski definition) is 3. The van der Waals surface area contributed by atoms with Crippen LogP contribution < -0.4 is 15.0 Å². The fourth-order valence-electron chi connectivity index (χ4n) is 3.39. The molecule has 0 saturated carbocycles. The van der Waals surface area contributed by atoms with Gasteiger partial charge in [0, 0.05) is 39.8 Å². The molecule has 5 nitrogen and oxygen atoms in total. The molecule has 0 radical (unpaired) electrons. The number of aliphatic imine (C=N–C) groups is 1. The minimum absolute atomic E-state index is 0. The maximum absolute atomic E-state index is 13.7. The molecule has 28 heavy (non-hydrogen) atoms. The van der Waals surface area contributed by atoms with Gasteiger partial charge in [-0.1, -0.05) is 30.3 Å². The van der Waals surface area contributed by atoms with E-state index in [9.17, 15) is 4.39 Å². The van der Waals surface area contributed by atoms with Crippen molar-refractivity contribution < 1.29 is 9.13 Å². The van der Waals surface area contributed by atoms with Gasteiger partial charge in [0.25, 0.3) is 0 Å². The lowest BCUT2D eigenvalue weighted by Crippen LogP contribution is -2.52. The van der Waals surface area contributed by atoms with Crippen molar-refractivity contribution in [3.05, 3.63) is 59.9 Å². The van der Waals surface area contributed by atoms with E-state index in [0.29, 0.717) is 13.0 Å². The van der Waals surface area contributed by atoms with E-state index in [1.165, 1.54) is 6.07 Å². The largest absolute Gasteiger partial charge is 0.495 e. The molecule has 1 aliphatic rings. The molecule has 2 aromatic rings. The molecule has 1 N–H and O–H groups in total. The number of piperazine rings is 1. The highest BCUT2D eigenvalue weighted by atomic mass is 127. The van der Waals surface area contributed by atoms with Gasteiger partial charge in [0.1, 0.15) is 11.6 Å². The van der Waals surface area contributed by atoms with Crippen LogP contribution in [0.25, 0.3) is 0 Å². The van der Waals surface area contributed by atoms with Crippen molar-refractivity contribution in [1.29, 1.82) is 0 Å². The van der Waals surface area contributed by atoms with Crippen LogP contribution in [0, 0.1) is 5.82 Å². The van der Waals surface area contributed by atoms with Gasteiger partial charge < -0.3 is 19.9 Å². The third-order valence-electron chi connectivity index (χ3n) is 4.85. The standard InChI is InChI=1S/C21H27FN4O.HI/c1-23-21(24-12-11-17-7-3-4-8-18(17)22)26-15-13-25(14-16-26)19-9-5-6-10-20(19)27-2;/h3-10H,11-16H2,1-2H3,(H,23,24);1H.